The third-order valence-corrected chi connectivity index (χ3v) is 2.35. The number of rotatable bonds is 4. The first-order valence-electron chi connectivity index (χ1n) is 5.12. The van der Waals surface area contributed by atoms with Crippen molar-refractivity contribution in [2.45, 2.75) is 12.2 Å². The summed E-state index contributed by atoms with van der Waals surface area (Å²) >= 11 is 0. The number of ketones is 2. The fraction of sp³-hybridized carbons (Fsp3) is 0.333. The van der Waals surface area contributed by atoms with Gasteiger partial charge in [-0.2, -0.15) is 13.2 Å². The van der Waals surface area contributed by atoms with E-state index in [1.165, 1.54) is 38.4 Å². The number of carbonyl (C=O) groups is 2. The standard InChI is InChI=1S/C12H12F3NO2/c1-16(2)9(11(18)12(13,14)15)10(17)8-6-4-3-5-7-8/h3-7,9H,1-2H3. The predicted octanol–water partition coefficient (Wildman–Crippen LogP) is 1.93. The molecule has 0 aliphatic heterocycles. The molecule has 0 amide bonds. The van der Waals surface area contributed by atoms with Crippen LogP contribution in [0.15, 0.2) is 30.3 Å². The molecule has 6 heteroatoms. The lowest BCUT2D eigenvalue weighted by Gasteiger charge is -2.22. The number of alkyl halides is 3. The van der Waals surface area contributed by atoms with Crippen LogP contribution in [0.5, 0.6) is 0 Å². The van der Waals surface area contributed by atoms with Crippen molar-refractivity contribution >= 4 is 11.6 Å². The Bertz CT molecular complexity index is 440. The molecule has 18 heavy (non-hydrogen) atoms. The zero-order valence-electron chi connectivity index (χ0n) is 9.86. The van der Waals surface area contributed by atoms with Gasteiger partial charge in [0.15, 0.2) is 5.78 Å². The molecule has 1 unspecified atom stereocenters. The van der Waals surface area contributed by atoms with Gasteiger partial charge in [-0.15, -0.1) is 0 Å². The van der Waals surface area contributed by atoms with Crippen LogP contribution in [0.3, 0.4) is 0 Å². The third kappa shape index (κ3) is 3.16. The molecule has 0 bridgehead atoms. The maximum absolute atomic E-state index is 12.4. The molecule has 98 valence electrons. The summed E-state index contributed by atoms with van der Waals surface area (Å²) < 4.78 is 37.2. The maximum Gasteiger partial charge on any atom is 0.452 e. The number of hydrogen-bond acceptors (Lipinski definition) is 3. The van der Waals surface area contributed by atoms with Crippen molar-refractivity contribution in [2.75, 3.05) is 14.1 Å². The van der Waals surface area contributed by atoms with Crippen LogP contribution in [0.25, 0.3) is 0 Å². The SMILES string of the molecule is CN(C)C(C(=O)c1ccccc1)C(=O)C(F)(F)F. The van der Waals surface area contributed by atoms with E-state index in [4.69, 9.17) is 0 Å². The van der Waals surface area contributed by atoms with Gasteiger partial charge in [-0.1, -0.05) is 30.3 Å². The molecule has 0 saturated carbocycles. The zero-order chi connectivity index (χ0) is 13.9. The summed E-state index contributed by atoms with van der Waals surface area (Å²) in [6, 6.07) is 5.60. The summed E-state index contributed by atoms with van der Waals surface area (Å²) in [4.78, 5) is 24.1. The van der Waals surface area contributed by atoms with Gasteiger partial charge in [-0.25, -0.2) is 0 Å². The highest BCUT2D eigenvalue weighted by molar-refractivity contribution is 6.15. The van der Waals surface area contributed by atoms with E-state index in [0.717, 1.165) is 4.90 Å². The molecule has 0 aliphatic carbocycles. The molecule has 0 aliphatic rings. The molecular formula is C12H12F3NO2. The molecule has 0 radical (unpaired) electrons. The minimum atomic E-state index is -5.03. The van der Waals surface area contributed by atoms with E-state index in [1.54, 1.807) is 6.07 Å². The van der Waals surface area contributed by atoms with Crippen molar-refractivity contribution < 1.29 is 22.8 Å². The first kappa shape index (κ1) is 14.4. The van der Waals surface area contributed by atoms with Crippen LogP contribution < -0.4 is 0 Å². The zero-order valence-corrected chi connectivity index (χ0v) is 9.86. The molecule has 1 aromatic rings. The molecule has 3 nitrogen and oxygen atoms in total. The van der Waals surface area contributed by atoms with Crippen LogP contribution in [0, 0.1) is 0 Å². The molecular weight excluding hydrogens is 247 g/mol. The molecule has 0 heterocycles. The van der Waals surface area contributed by atoms with Gasteiger partial charge in [-0.3, -0.25) is 14.5 Å². The van der Waals surface area contributed by atoms with Crippen LogP contribution >= 0.6 is 0 Å². The van der Waals surface area contributed by atoms with E-state index in [0.29, 0.717) is 0 Å². The van der Waals surface area contributed by atoms with Crippen molar-refractivity contribution in [1.29, 1.82) is 0 Å². The normalized spacial score (nSPS) is 13.4. The number of nitrogens with zero attached hydrogens (tertiary/aromatic N) is 1. The Balaban J connectivity index is 3.08. The van der Waals surface area contributed by atoms with Gasteiger partial charge in [0.05, 0.1) is 0 Å². The van der Waals surface area contributed by atoms with Crippen LogP contribution in [0.4, 0.5) is 13.2 Å². The summed E-state index contributed by atoms with van der Waals surface area (Å²) in [6.07, 6.45) is -5.03. The Morgan fingerprint density at radius 1 is 1.11 bits per heavy atom. The first-order valence-corrected chi connectivity index (χ1v) is 5.12. The fourth-order valence-electron chi connectivity index (χ4n) is 1.50. The molecule has 0 N–H and O–H groups in total. The summed E-state index contributed by atoms with van der Waals surface area (Å²) in [6.45, 7) is 0. The minimum Gasteiger partial charge on any atom is -0.293 e. The van der Waals surface area contributed by atoms with Crippen molar-refractivity contribution in [3.05, 3.63) is 35.9 Å². The summed E-state index contributed by atoms with van der Waals surface area (Å²) in [5, 5.41) is 0. The van der Waals surface area contributed by atoms with Crippen LogP contribution in [-0.2, 0) is 4.79 Å². The summed E-state index contributed by atoms with van der Waals surface area (Å²) in [5.74, 6) is -2.91. The largest absolute Gasteiger partial charge is 0.452 e. The maximum atomic E-state index is 12.4. The fourth-order valence-corrected chi connectivity index (χ4v) is 1.50. The van der Waals surface area contributed by atoms with Crippen molar-refractivity contribution in [3.63, 3.8) is 0 Å². The summed E-state index contributed by atoms with van der Waals surface area (Å²) in [7, 11) is 2.52. The number of Topliss-reactive ketones (excluding diaryl/α,β-unsaturated/α-hetero) is 2. The lowest BCUT2D eigenvalue weighted by atomic mass is 9.99. The van der Waals surface area contributed by atoms with E-state index in [9.17, 15) is 22.8 Å². The van der Waals surface area contributed by atoms with Crippen molar-refractivity contribution in [1.82, 2.24) is 4.90 Å². The Hall–Kier alpha value is -1.69. The Kier molecular flexibility index (Phi) is 4.24. The van der Waals surface area contributed by atoms with Gasteiger partial charge in [0.2, 0.25) is 0 Å². The first-order chi connectivity index (χ1) is 8.25. The molecule has 1 aromatic carbocycles. The molecule has 0 saturated heterocycles. The second kappa shape index (κ2) is 5.30. The van der Waals surface area contributed by atoms with Gasteiger partial charge < -0.3 is 0 Å². The lowest BCUT2D eigenvalue weighted by molar-refractivity contribution is -0.174. The second-order valence-corrected chi connectivity index (χ2v) is 3.96. The molecule has 1 atom stereocenters. The van der Waals surface area contributed by atoms with E-state index >= 15 is 0 Å². The average Bonchev–Trinajstić information content (AvgIpc) is 2.28. The van der Waals surface area contributed by atoms with E-state index in [1.807, 2.05) is 0 Å². The molecule has 0 aromatic heterocycles. The lowest BCUT2D eigenvalue weighted by Crippen LogP contribution is -2.48. The highest BCUT2D eigenvalue weighted by atomic mass is 19.4. The number of benzene rings is 1. The Morgan fingerprint density at radius 2 is 1.61 bits per heavy atom. The summed E-state index contributed by atoms with van der Waals surface area (Å²) in [5.41, 5.74) is 0.0776. The number of likely N-dealkylation sites (N-methyl/N-ethyl adjacent to an activating group) is 1. The van der Waals surface area contributed by atoms with E-state index < -0.39 is 23.8 Å². The van der Waals surface area contributed by atoms with Crippen molar-refractivity contribution in [3.8, 4) is 0 Å². The molecule has 0 spiro atoms. The Morgan fingerprint density at radius 3 is 2.00 bits per heavy atom. The number of hydrogen-bond donors (Lipinski definition) is 0. The molecule has 1 rings (SSSR count). The topological polar surface area (TPSA) is 37.4 Å². The van der Waals surface area contributed by atoms with Crippen LogP contribution in [-0.4, -0.2) is 42.8 Å². The quantitative estimate of drug-likeness (QED) is 0.612. The van der Waals surface area contributed by atoms with Gasteiger partial charge >= 0.3 is 6.18 Å². The van der Waals surface area contributed by atoms with Crippen molar-refractivity contribution in [2.24, 2.45) is 0 Å². The van der Waals surface area contributed by atoms with Gasteiger partial charge in [-0.05, 0) is 14.1 Å². The van der Waals surface area contributed by atoms with Gasteiger partial charge in [0.1, 0.15) is 6.04 Å². The van der Waals surface area contributed by atoms with E-state index in [2.05, 4.69) is 0 Å². The highest BCUT2D eigenvalue weighted by Gasteiger charge is 2.47. The van der Waals surface area contributed by atoms with Crippen LogP contribution in [0.2, 0.25) is 0 Å². The monoisotopic (exact) mass is 259 g/mol. The predicted molar refractivity (Wildman–Crippen MR) is 59.3 cm³/mol. The minimum absolute atomic E-state index is 0.0776. The van der Waals surface area contributed by atoms with Crippen LogP contribution in [0.1, 0.15) is 10.4 Å². The third-order valence-electron chi connectivity index (χ3n) is 2.35. The average molecular weight is 259 g/mol. The van der Waals surface area contributed by atoms with Gasteiger partial charge in [0, 0.05) is 5.56 Å². The smallest absolute Gasteiger partial charge is 0.293 e. The van der Waals surface area contributed by atoms with E-state index in [-0.39, 0.29) is 5.56 Å². The molecule has 0 fully saturated rings. The highest BCUT2D eigenvalue weighted by Crippen LogP contribution is 2.21. The Labute approximate surface area is 102 Å². The number of carbonyl (C=O) groups excluding carboxylic acids is 2. The van der Waals surface area contributed by atoms with Gasteiger partial charge in [0.25, 0.3) is 5.78 Å². The second-order valence-electron chi connectivity index (χ2n) is 3.96. The number of halogens is 3.